The van der Waals surface area contributed by atoms with Gasteiger partial charge in [0, 0.05) is 37.2 Å². The van der Waals surface area contributed by atoms with Gasteiger partial charge < -0.3 is 59.8 Å². The normalized spacial score (nSPS) is 32.8. The predicted octanol–water partition coefficient (Wildman–Crippen LogP) is 1.92. The van der Waals surface area contributed by atoms with Gasteiger partial charge in [-0.15, -0.1) is 0 Å². The van der Waals surface area contributed by atoms with Crippen LogP contribution in [0.5, 0.6) is 23.0 Å². The second-order valence-electron chi connectivity index (χ2n) is 16.0. The number of rotatable bonds is 8. The van der Waals surface area contributed by atoms with E-state index in [9.17, 15) is 60.0 Å². The number of fused-ring (bicyclic) bond motifs is 2. The zero-order valence-corrected chi connectivity index (χ0v) is 31.9. The molecule has 0 aromatic heterocycles. The minimum absolute atomic E-state index is 0.190. The fraction of sp³-hybridized carbons (Fsp3) is 0.429. The van der Waals surface area contributed by atoms with Crippen LogP contribution in [0, 0.1) is 49.4 Å². The van der Waals surface area contributed by atoms with E-state index in [0.29, 0.717) is 22.7 Å². The molecule has 2 aromatic rings. The third-order valence-electron chi connectivity index (χ3n) is 12.2. The van der Waals surface area contributed by atoms with E-state index in [4.69, 9.17) is 18.9 Å². The standard InChI is InChI=1S/C42H44O16/c1-17-5-21(45)11-27(47)33(17)39(51)57-37-25-15-55-29(7-19(25)9-31(49)41(37,3)53)35-23(13-43)24(14-44)36(35)30-8-20-10-32(50)42(4,54)38(26(20)16-56-30)58-40(52)34-18(2)6-22(46)12-28(34)48/h5-12,23-26,35-38,43-48,53-54H,13-16H2,1-4H3/t23-,24-,25-,26-,35-,36-,37+,38+,41-,42-/m1/s1. The summed E-state index contributed by atoms with van der Waals surface area (Å²) >= 11 is 0. The Kier molecular flexibility index (Phi) is 10.2. The number of allylic oxidation sites excluding steroid dienone is 4. The lowest BCUT2D eigenvalue weighted by Gasteiger charge is -2.54. The molecule has 10 atom stereocenters. The second-order valence-corrected chi connectivity index (χ2v) is 16.0. The molecule has 2 aromatic carbocycles. The number of aryl methyl sites for hydroxylation is 2. The van der Waals surface area contributed by atoms with E-state index in [0.717, 1.165) is 12.1 Å². The lowest BCUT2D eigenvalue weighted by molar-refractivity contribution is -0.154. The Labute approximate surface area is 331 Å². The van der Waals surface area contributed by atoms with Gasteiger partial charge in [-0.3, -0.25) is 9.59 Å². The van der Waals surface area contributed by atoms with Crippen LogP contribution in [-0.4, -0.2) is 114 Å². The molecule has 0 radical (unpaired) electrons. The summed E-state index contributed by atoms with van der Waals surface area (Å²) in [6.45, 7) is 4.21. The molecule has 0 saturated heterocycles. The van der Waals surface area contributed by atoms with Gasteiger partial charge in [-0.25, -0.2) is 9.59 Å². The summed E-state index contributed by atoms with van der Waals surface area (Å²) < 4.78 is 23.9. The number of esters is 2. The molecule has 2 aliphatic heterocycles. The van der Waals surface area contributed by atoms with E-state index in [-0.39, 0.29) is 60.2 Å². The third kappa shape index (κ3) is 6.59. The fourth-order valence-corrected chi connectivity index (χ4v) is 9.02. The Morgan fingerprint density at radius 3 is 1.34 bits per heavy atom. The van der Waals surface area contributed by atoms with Crippen LogP contribution >= 0.6 is 0 Å². The smallest absolute Gasteiger partial charge is 0.342 e. The molecule has 7 rings (SSSR count). The number of aliphatic hydroxyl groups excluding tert-OH is 2. The Morgan fingerprint density at radius 2 is 1.02 bits per heavy atom. The average Bonchev–Trinajstić information content (AvgIpc) is 3.11. The molecule has 2 heterocycles. The van der Waals surface area contributed by atoms with Gasteiger partial charge in [0.2, 0.25) is 0 Å². The van der Waals surface area contributed by atoms with Gasteiger partial charge in [-0.1, -0.05) is 0 Å². The highest BCUT2D eigenvalue weighted by Gasteiger charge is 2.58. The zero-order chi connectivity index (χ0) is 42.2. The van der Waals surface area contributed by atoms with Crippen molar-refractivity contribution >= 4 is 23.5 Å². The van der Waals surface area contributed by atoms with Gasteiger partial charge in [-0.05, 0) is 98.2 Å². The molecular formula is C42H44O16. The number of ketones is 2. The molecule has 8 N–H and O–H groups in total. The number of hydrogen-bond donors (Lipinski definition) is 8. The summed E-state index contributed by atoms with van der Waals surface area (Å²) in [5.41, 5.74) is -3.81. The molecule has 0 spiro atoms. The highest BCUT2D eigenvalue weighted by Crippen LogP contribution is 2.56. The van der Waals surface area contributed by atoms with E-state index in [1.165, 1.54) is 52.0 Å². The number of carbonyl (C=O) groups is 4. The van der Waals surface area contributed by atoms with Gasteiger partial charge in [0.05, 0.1) is 25.0 Å². The van der Waals surface area contributed by atoms with Gasteiger partial charge in [0.1, 0.15) is 57.9 Å². The quantitative estimate of drug-likeness (QED) is 0.177. The van der Waals surface area contributed by atoms with Crippen molar-refractivity contribution in [3.8, 4) is 23.0 Å². The van der Waals surface area contributed by atoms with E-state index < -0.39 is 93.9 Å². The van der Waals surface area contributed by atoms with Crippen molar-refractivity contribution in [1.29, 1.82) is 0 Å². The minimum atomic E-state index is -2.18. The maximum Gasteiger partial charge on any atom is 0.342 e. The topological polar surface area (TPSA) is 267 Å². The largest absolute Gasteiger partial charge is 0.508 e. The molecule has 16 heteroatoms. The van der Waals surface area contributed by atoms with Crippen molar-refractivity contribution < 1.29 is 79.0 Å². The van der Waals surface area contributed by atoms with Crippen LogP contribution in [0.4, 0.5) is 0 Å². The number of aliphatic hydroxyl groups is 4. The van der Waals surface area contributed by atoms with Gasteiger partial charge in [0.25, 0.3) is 0 Å². The number of carbonyl (C=O) groups excluding carboxylic acids is 4. The first-order valence-electron chi connectivity index (χ1n) is 18.6. The van der Waals surface area contributed by atoms with Crippen LogP contribution in [0.15, 0.2) is 71.2 Å². The lowest BCUT2D eigenvalue weighted by Crippen LogP contribution is -2.58. The Morgan fingerprint density at radius 1 is 0.655 bits per heavy atom. The Bertz CT molecular complexity index is 2020. The monoisotopic (exact) mass is 804 g/mol. The minimum Gasteiger partial charge on any atom is -0.508 e. The number of phenols is 4. The number of hydrogen-bond acceptors (Lipinski definition) is 16. The summed E-state index contributed by atoms with van der Waals surface area (Å²) in [7, 11) is 0. The molecule has 0 bridgehead atoms. The van der Waals surface area contributed by atoms with Crippen LogP contribution in [0.1, 0.15) is 45.7 Å². The highest BCUT2D eigenvalue weighted by atomic mass is 16.6. The summed E-state index contributed by atoms with van der Waals surface area (Å²) in [5, 5.41) is 84.0. The molecular weight excluding hydrogens is 760 g/mol. The number of aromatic hydroxyl groups is 4. The fourth-order valence-electron chi connectivity index (χ4n) is 9.02. The van der Waals surface area contributed by atoms with Gasteiger partial charge >= 0.3 is 11.9 Å². The van der Waals surface area contributed by atoms with Crippen LogP contribution in [-0.2, 0) is 28.5 Å². The van der Waals surface area contributed by atoms with Crippen LogP contribution in [0.2, 0.25) is 0 Å². The second kappa shape index (κ2) is 14.6. The van der Waals surface area contributed by atoms with E-state index >= 15 is 0 Å². The highest BCUT2D eigenvalue weighted by molar-refractivity contribution is 6.01. The first-order valence-corrected chi connectivity index (χ1v) is 18.6. The summed E-state index contributed by atoms with van der Waals surface area (Å²) in [4.78, 5) is 53.3. The molecule has 0 unspecified atom stereocenters. The predicted molar refractivity (Wildman–Crippen MR) is 198 cm³/mol. The SMILES string of the molecule is Cc1cc(O)cc(O)c1C(=O)O[C@H]1[C@@H]2COC([C@H]3[C@H](CO)[C@@H](CO)[C@@H]3C3=CC4=CC(=O)[C@@](C)(O)[C@@H](OC(=O)c5c(C)cc(O)cc5O)[C@@H]4CO3)=CC2=CC(=O)[C@@]1(C)O. The molecule has 3 aliphatic carbocycles. The number of ether oxygens (including phenoxy) is 4. The lowest BCUT2D eigenvalue weighted by atomic mass is 9.54. The first-order chi connectivity index (χ1) is 27.3. The van der Waals surface area contributed by atoms with Crippen LogP contribution < -0.4 is 0 Å². The van der Waals surface area contributed by atoms with E-state index in [1.807, 2.05) is 0 Å². The summed E-state index contributed by atoms with van der Waals surface area (Å²) in [6, 6.07) is 4.41. The Hall–Kier alpha value is -5.68. The van der Waals surface area contributed by atoms with Gasteiger partial charge in [0.15, 0.2) is 22.8 Å². The summed E-state index contributed by atoms with van der Waals surface area (Å²) in [6.07, 6.45) is 2.63. The first kappa shape index (κ1) is 40.5. The number of benzene rings is 2. The average molecular weight is 805 g/mol. The van der Waals surface area contributed by atoms with Crippen molar-refractivity contribution in [2.24, 2.45) is 35.5 Å². The number of phenolic OH excluding ortho intramolecular Hbond substituents is 4. The van der Waals surface area contributed by atoms with Crippen molar-refractivity contribution in [2.45, 2.75) is 51.1 Å². The third-order valence-corrected chi connectivity index (χ3v) is 12.2. The molecule has 16 nitrogen and oxygen atoms in total. The molecule has 1 saturated carbocycles. The zero-order valence-electron chi connectivity index (χ0n) is 31.9. The maximum atomic E-state index is 13.3. The van der Waals surface area contributed by atoms with Gasteiger partial charge in [-0.2, -0.15) is 0 Å². The van der Waals surface area contributed by atoms with Crippen molar-refractivity contribution in [3.05, 3.63) is 93.5 Å². The van der Waals surface area contributed by atoms with Crippen LogP contribution in [0.3, 0.4) is 0 Å². The maximum absolute atomic E-state index is 13.3. The van der Waals surface area contributed by atoms with Crippen molar-refractivity contribution in [1.82, 2.24) is 0 Å². The van der Waals surface area contributed by atoms with Crippen LogP contribution in [0.25, 0.3) is 0 Å². The Balaban J connectivity index is 1.17. The molecule has 5 aliphatic rings. The molecule has 58 heavy (non-hydrogen) atoms. The summed E-state index contributed by atoms with van der Waals surface area (Å²) in [5.74, 6) is -8.81. The van der Waals surface area contributed by atoms with E-state index in [1.54, 1.807) is 12.2 Å². The molecule has 1 fully saturated rings. The molecule has 308 valence electrons. The van der Waals surface area contributed by atoms with E-state index in [2.05, 4.69) is 0 Å². The van der Waals surface area contributed by atoms with Crippen molar-refractivity contribution in [2.75, 3.05) is 26.4 Å². The van der Waals surface area contributed by atoms with Crippen molar-refractivity contribution in [3.63, 3.8) is 0 Å². The molecule has 0 amide bonds.